The fourth-order valence-electron chi connectivity index (χ4n) is 1.47. The van der Waals surface area contributed by atoms with E-state index in [9.17, 15) is 10.1 Å². The van der Waals surface area contributed by atoms with E-state index < -0.39 is 10.5 Å². The normalized spacial score (nSPS) is 22.1. The predicted octanol–water partition coefficient (Wildman–Crippen LogP) is 1.49. The van der Waals surface area contributed by atoms with Crippen molar-refractivity contribution >= 4 is 0 Å². The molecule has 0 atom stereocenters. The summed E-state index contributed by atoms with van der Waals surface area (Å²) in [6.07, 6.45) is 3.51. The van der Waals surface area contributed by atoms with Crippen LogP contribution in [0.3, 0.4) is 0 Å². The molecule has 0 bridgehead atoms. The minimum Gasteiger partial charge on any atom is -0.263 e. The van der Waals surface area contributed by atoms with Gasteiger partial charge in [0.05, 0.1) is 0 Å². The molecule has 0 aromatic heterocycles. The summed E-state index contributed by atoms with van der Waals surface area (Å²) < 4.78 is 0. The van der Waals surface area contributed by atoms with Crippen molar-refractivity contribution in [3.63, 3.8) is 0 Å². The van der Waals surface area contributed by atoms with E-state index in [1.165, 1.54) is 0 Å². The molecule has 11 heavy (non-hydrogen) atoms. The molecule has 1 aliphatic carbocycles. The number of hydrogen-bond acceptors (Lipinski definition) is 3. The lowest BCUT2D eigenvalue weighted by Gasteiger charge is -2.21. The summed E-state index contributed by atoms with van der Waals surface area (Å²) in [5, 5.41) is 19.1. The monoisotopic (exact) mass is 154 g/mol. The standard InChI is InChI=1S/C7H10N2O2/c8-6-7(9(10)11)4-2-1-3-5-7/h1-5H2. The Morgan fingerprint density at radius 1 is 1.36 bits per heavy atom. The highest BCUT2D eigenvalue weighted by molar-refractivity contribution is 5.01. The van der Waals surface area contributed by atoms with Crippen LogP contribution in [-0.2, 0) is 0 Å². The third-order valence-corrected chi connectivity index (χ3v) is 2.24. The van der Waals surface area contributed by atoms with Gasteiger partial charge in [0, 0.05) is 17.8 Å². The van der Waals surface area contributed by atoms with Gasteiger partial charge in [0.15, 0.2) is 0 Å². The highest BCUT2D eigenvalue weighted by Gasteiger charge is 2.43. The van der Waals surface area contributed by atoms with E-state index in [2.05, 4.69) is 0 Å². The highest BCUT2D eigenvalue weighted by atomic mass is 16.6. The molecule has 1 saturated carbocycles. The molecule has 0 heterocycles. The lowest BCUT2D eigenvalue weighted by atomic mass is 9.83. The van der Waals surface area contributed by atoms with Gasteiger partial charge < -0.3 is 0 Å². The smallest absolute Gasteiger partial charge is 0.263 e. The van der Waals surface area contributed by atoms with Crippen molar-refractivity contribution in [2.24, 2.45) is 0 Å². The topological polar surface area (TPSA) is 66.9 Å². The quantitative estimate of drug-likeness (QED) is 0.424. The Labute approximate surface area is 65.0 Å². The van der Waals surface area contributed by atoms with Gasteiger partial charge in [-0.3, -0.25) is 10.1 Å². The van der Waals surface area contributed by atoms with Crippen molar-refractivity contribution in [2.75, 3.05) is 0 Å². The van der Waals surface area contributed by atoms with Crippen LogP contribution in [0.1, 0.15) is 32.1 Å². The third-order valence-electron chi connectivity index (χ3n) is 2.24. The summed E-state index contributed by atoms with van der Waals surface area (Å²) >= 11 is 0. The fourth-order valence-corrected chi connectivity index (χ4v) is 1.47. The Kier molecular flexibility index (Phi) is 2.08. The van der Waals surface area contributed by atoms with Gasteiger partial charge in [0.1, 0.15) is 6.07 Å². The number of nitrogens with zero attached hydrogens (tertiary/aromatic N) is 2. The van der Waals surface area contributed by atoms with E-state index in [0.717, 1.165) is 19.3 Å². The van der Waals surface area contributed by atoms with E-state index in [1.54, 1.807) is 0 Å². The highest BCUT2D eigenvalue weighted by Crippen LogP contribution is 2.29. The van der Waals surface area contributed by atoms with Gasteiger partial charge in [-0.2, -0.15) is 5.26 Å². The van der Waals surface area contributed by atoms with Crippen molar-refractivity contribution in [3.8, 4) is 6.07 Å². The molecule has 0 spiro atoms. The molecular formula is C7H10N2O2. The molecule has 1 fully saturated rings. The lowest BCUT2D eigenvalue weighted by molar-refractivity contribution is -0.556. The van der Waals surface area contributed by atoms with Crippen LogP contribution in [-0.4, -0.2) is 10.5 Å². The third kappa shape index (κ3) is 1.32. The van der Waals surface area contributed by atoms with Crippen LogP contribution in [0.5, 0.6) is 0 Å². The number of rotatable bonds is 1. The summed E-state index contributed by atoms with van der Waals surface area (Å²) in [5.74, 6) is 0. The predicted molar refractivity (Wildman–Crippen MR) is 38.4 cm³/mol. The molecule has 0 aliphatic heterocycles. The van der Waals surface area contributed by atoms with Crippen molar-refractivity contribution in [1.29, 1.82) is 5.26 Å². The fraction of sp³-hybridized carbons (Fsp3) is 0.857. The average molecular weight is 154 g/mol. The zero-order chi connectivity index (χ0) is 8.32. The van der Waals surface area contributed by atoms with E-state index in [1.807, 2.05) is 6.07 Å². The minimum absolute atomic E-state index is 0.424. The zero-order valence-corrected chi connectivity index (χ0v) is 6.25. The van der Waals surface area contributed by atoms with E-state index in [0.29, 0.717) is 12.8 Å². The van der Waals surface area contributed by atoms with Crippen LogP contribution < -0.4 is 0 Å². The Bertz CT molecular complexity index is 201. The molecule has 0 aromatic carbocycles. The molecule has 4 nitrogen and oxygen atoms in total. The molecule has 0 aromatic rings. The molecule has 4 heteroatoms. The van der Waals surface area contributed by atoms with Gasteiger partial charge in [0.25, 0.3) is 0 Å². The summed E-state index contributed by atoms with van der Waals surface area (Å²) in [5.41, 5.74) is -1.25. The SMILES string of the molecule is N#CC1([N+](=O)[O-])CCCCC1. The Balaban J connectivity index is 2.75. The molecule has 0 amide bonds. The number of nitriles is 1. The Morgan fingerprint density at radius 3 is 2.18 bits per heavy atom. The maximum atomic E-state index is 10.5. The second-order valence-electron chi connectivity index (χ2n) is 2.96. The van der Waals surface area contributed by atoms with Crippen molar-refractivity contribution < 1.29 is 4.92 Å². The first kappa shape index (κ1) is 7.99. The van der Waals surface area contributed by atoms with E-state index in [-0.39, 0.29) is 0 Å². The number of hydrogen-bond donors (Lipinski definition) is 0. The first-order chi connectivity index (χ1) is 5.21. The van der Waals surface area contributed by atoms with Crippen LogP contribution in [0.4, 0.5) is 0 Å². The van der Waals surface area contributed by atoms with Gasteiger partial charge in [-0.25, -0.2) is 0 Å². The average Bonchev–Trinajstić information content (AvgIpc) is 2.05. The lowest BCUT2D eigenvalue weighted by Crippen LogP contribution is -2.38. The van der Waals surface area contributed by atoms with Gasteiger partial charge in [-0.05, 0) is 12.8 Å². The van der Waals surface area contributed by atoms with Crippen LogP contribution in [0, 0.1) is 21.4 Å². The molecular weight excluding hydrogens is 144 g/mol. The Hall–Kier alpha value is -1.11. The van der Waals surface area contributed by atoms with Crippen molar-refractivity contribution in [2.45, 2.75) is 37.6 Å². The minimum atomic E-state index is -1.25. The maximum Gasteiger partial charge on any atom is 0.305 e. The van der Waals surface area contributed by atoms with E-state index in [4.69, 9.17) is 5.26 Å². The first-order valence-electron chi connectivity index (χ1n) is 3.77. The zero-order valence-electron chi connectivity index (χ0n) is 6.25. The molecule has 0 unspecified atom stereocenters. The van der Waals surface area contributed by atoms with Gasteiger partial charge in [0.2, 0.25) is 0 Å². The van der Waals surface area contributed by atoms with Crippen LogP contribution >= 0.6 is 0 Å². The molecule has 60 valence electrons. The molecule has 0 radical (unpaired) electrons. The molecule has 1 aliphatic rings. The second kappa shape index (κ2) is 2.87. The van der Waals surface area contributed by atoms with Gasteiger partial charge >= 0.3 is 5.54 Å². The molecule has 0 N–H and O–H groups in total. The van der Waals surface area contributed by atoms with Crippen LogP contribution in [0.25, 0.3) is 0 Å². The first-order valence-corrected chi connectivity index (χ1v) is 3.77. The largest absolute Gasteiger partial charge is 0.305 e. The summed E-state index contributed by atoms with van der Waals surface area (Å²) in [6, 6.07) is 1.82. The molecule has 0 saturated heterocycles. The van der Waals surface area contributed by atoms with Gasteiger partial charge in [-0.15, -0.1) is 0 Å². The Morgan fingerprint density at radius 2 is 1.91 bits per heavy atom. The van der Waals surface area contributed by atoms with Crippen molar-refractivity contribution in [3.05, 3.63) is 10.1 Å². The summed E-state index contributed by atoms with van der Waals surface area (Å²) in [4.78, 5) is 10.1. The van der Waals surface area contributed by atoms with E-state index >= 15 is 0 Å². The summed E-state index contributed by atoms with van der Waals surface area (Å²) in [7, 11) is 0. The van der Waals surface area contributed by atoms with Crippen LogP contribution in [0.2, 0.25) is 0 Å². The van der Waals surface area contributed by atoms with Crippen LogP contribution in [0.15, 0.2) is 0 Å². The maximum absolute atomic E-state index is 10.5. The second-order valence-corrected chi connectivity index (χ2v) is 2.96. The summed E-state index contributed by atoms with van der Waals surface area (Å²) in [6.45, 7) is 0. The van der Waals surface area contributed by atoms with Crippen molar-refractivity contribution in [1.82, 2.24) is 0 Å². The molecule has 1 rings (SSSR count). The van der Waals surface area contributed by atoms with Gasteiger partial charge in [-0.1, -0.05) is 6.42 Å². The number of nitro groups is 1.